The zero-order valence-electron chi connectivity index (χ0n) is 10.3. The van der Waals surface area contributed by atoms with Crippen molar-refractivity contribution in [1.29, 1.82) is 0 Å². The smallest absolute Gasteiger partial charge is 0.0593 e. The molecule has 0 spiro atoms. The van der Waals surface area contributed by atoms with Crippen molar-refractivity contribution in [3.05, 3.63) is 0 Å². The van der Waals surface area contributed by atoms with Crippen molar-refractivity contribution in [2.45, 2.75) is 26.2 Å². The quantitative estimate of drug-likeness (QED) is 0.617. The maximum absolute atomic E-state index is 5.33. The van der Waals surface area contributed by atoms with Gasteiger partial charge >= 0.3 is 0 Å². The van der Waals surface area contributed by atoms with Crippen LogP contribution >= 0.6 is 0 Å². The lowest BCUT2D eigenvalue weighted by molar-refractivity contribution is 0.121. The molecule has 0 aliphatic carbocycles. The van der Waals surface area contributed by atoms with Crippen LogP contribution in [0, 0.1) is 5.92 Å². The van der Waals surface area contributed by atoms with Gasteiger partial charge in [-0.1, -0.05) is 0 Å². The zero-order chi connectivity index (χ0) is 10.9. The summed E-state index contributed by atoms with van der Waals surface area (Å²) >= 11 is 0. The molecule has 0 aromatic rings. The van der Waals surface area contributed by atoms with Crippen molar-refractivity contribution in [2.24, 2.45) is 5.92 Å². The van der Waals surface area contributed by atoms with Gasteiger partial charge < -0.3 is 15.0 Å². The maximum Gasteiger partial charge on any atom is 0.0593 e. The lowest BCUT2D eigenvalue weighted by Crippen LogP contribution is -2.24. The van der Waals surface area contributed by atoms with Crippen LogP contribution in [0.4, 0.5) is 0 Å². The minimum atomic E-state index is 0.835. The summed E-state index contributed by atoms with van der Waals surface area (Å²) in [6.07, 6.45) is 4.09. The highest BCUT2D eigenvalue weighted by Gasteiger charge is 2.13. The average molecular weight is 214 g/mol. The predicted octanol–water partition coefficient (Wildman–Crippen LogP) is 1.34. The molecule has 3 heteroatoms. The van der Waals surface area contributed by atoms with Gasteiger partial charge in [0.05, 0.1) is 6.61 Å². The van der Waals surface area contributed by atoms with Crippen LogP contribution in [0.25, 0.3) is 0 Å². The van der Waals surface area contributed by atoms with Crippen LogP contribution in [0.15, 0.2) is 0 Å². The maximum atomic E-state index is 5.33. The molecule has 1 atom stereocenters. The summed E-state index contributed by atoms with van der Waals surface area (Å²) in [4.78, 5) is 2.37. The number of hydrogen-bond donors (Lipinski definition) is 1. The van der Waals surface area contributed by atoms with Crippen molar-refractivity contribution in [1.82, 2.24) is 10.2 Å². The topological polar surface area (TPSA) is 24.5 Å². The fourth-order valence-corrected chi connectivity index (χ4v) is 2.09. The van der Waals surface area contributed by atoms with Gasteiger partial charge in [0, 0.05) is 13.2 Å². The van der Waals surface area contributed by atoms with Crippen molar-refractivity contribution >= 4 is 0 Å². The minimum Gasteiger partial charge on any atom is -0.380 e. The third-order valence-corrected chi connectivity index (χ3v) is 3.14. The molecule has 1 unspecified atom stereocenters. The lowest BCUT2D eigenvalue weighted by atomic mass is 10.0. The summed E-state index contributed by atoms with van der Waals surface area (Å²) in [5.74, 6) is 0.935. The SMILES string of the molecule is CCOCCN(C)CCCC1CCNC1. The molecular formula is C12H26N2O. The Morgan fingerprint density at radius 3 is 2.93 bits per heavy atom. The van der Waals surface area contributed by atoms with Crippen LogP contribution in [0.2, 0.25) is 0 Å². The van der Waals surface area contributed by atoms with Gasteiger partial charge in [0.1, 0.15) is 0 Å². The number of rotatable bonds is 8. The standard InChI is InChI=1S/C12H26N2O/c1-3-15-10-9-14(2)8-4-5-12-6-7-13-11-12/h12-13H,3-11H2,1-2H3. The van der Waals surface area contributed by atoms with Gasteiger partial charge in [-0.25, -0.2) is 0 Å². The summed E-state index contributed by atoms with van der Waals surface area (Å²) in [7, 11) is 2.19. The van der Waals surface area contributed by atoms with Crippen molar-refractivity contribution < 1.29 is 4.74 Å². The molecule has 0 aromatic carbocycles. The highest BCUT2D eigenvalue weighted by Crippen LogP contribution is 2.14. The summed E-state index contributed by atoms with van der Waals surface area (Å²) in [6.45, 7) is 8.50. The van der Waals surface area contributed by atoms with E-state index in [-0.39, 0.29) is 0 Å². The first-order valence-electron chi connectivity index (χ1n) is 6.30. The Morgan fingerprint density at radius 2 is 2.27 bits per heavy atom. The Kier molecular flexibility index (Phi) is 6.98. The highest BCUT2D eigenvalue weighted by atomic mass is 16.5. The van der Waals surface area contributed by atoms with Crippen molar-refractivity contribution in [3.63, 3.8) is 0 Å². The van der Waals surface area contributed by atoms with Gasteiger partial charge in [-0.2, -0.15) is 0 Å². The fourth-order valence-electron chi connectivity index (χ4n) is 2.09. The molecule has 1 heterocycles. The van der Waals surface area contributed by atoms with E-state index in [9.17, 15) is 0 Å². The van der Waals surface area contributed by atoms with Gasteiger partial charge in [-0.05, 0) is 58.8 Å². The summed E-state index contributed by atoms with van der Waals surface area (Å²) < 4.78 is 5.33. The summed E-state index contributed by atoms with van der Waals surface area (Å²) in [5, 5.41) is 3.42. The second-order valence-electron chi connectivity index (χ2n) is 4.50. The molecule has 90 valence electrons. The molecule has 1 fully saturated rings. The van der Waals surface area contributed by atoms with E-state index in [1.807, 2.05) is 6.92 Å². The van der Waals surface area contributed by atoms with Gasteiger partial charge in [0.15, 0.2) is 0 Å². The Labute approximate surface area is 94.2 Å². The second-order valence-corrected chi connectivity index (χ2v) is 4.50. The molecule has 1 aliphatic heterocycles. The molecule has 1 rings (SSSR count). The van der Waals surface area contributed by atoms with Crippen LogP contribution in [0.3, 0.4) is 0 Å². The van der Waals surface area contributed by atoms with Gasteiger partial charge in [0.25, 0.3) is 0 Å². The molecule has 1 aliphatic rings. The number of likely N-dealkylation sites (N-methyl/N-ethyl adjacent to an activating group) is 1. The molecule has 0 aromatic heterocycles. The average Bonchev–Trinajstić information content (AvgIpc) is 2.71. The number of nitrogens with zero attached hydrogens (tertiary/aromatic N) is 1. The third-order valence-electron chi connectivity index (χ3n) is 3.14. The first-order chi connectivity index (χ1) is 7.33. The molecule has 15 heavy (non-hydrogen) atoms. The Hall–Kier alpha value is -0.120. The lowest BCUT2D eigenvalue weighted by Gasteiger charge is -2.17. The monoisotopic (exact) mass is 214 g/mol. The fraction of sp³-hybridized carbons (Fsp3) is 1.00. The molecule has 1 N–H and O–H groups in total. The first-order valence-corrected chi connectivity index (χ1v) is 6.30. The normalized spacial score (nSPS) is 21.4. The van der Waals surface area contributed by atoms with E-state index in [0.717, 1.165) is 25.7 Å². The zero-order valence-corrected chi connectivity index (χ0v) is 10.3. The molecule has 0 amide bonds. The van der Waals surface area contributed by atoms with E-state index in [1.54, 1.807) is 0 Å². The number of nitrogens with one attached hydrogen (secondary N) is 1. The van der Waals surface area contributed by atoms with Crippen molar-refractivity contribution in [2.75, 3.05) is 46.4 Å². The summed E-state index contributed by atoms with van der Waals surface area (Å²) in [5.41, 5.74) is 0. The molecule has 3 nitrogen and oxygen atoms in total. The van der Waals surface area contributed by atoms with Crippen LogP contribution < -0.4 is 5.32 Å². The third kappa shape index (κ3) is 6.13. The van der Waals surface area contributed by atoms with Gasteiger partial charge in [0.2, 0.25) is 0 Å². The predicted molar refractivity (Wildman–Crippen MR) is 64.2 cm³/mol. The number of ether oxygens (including phenoxy) is 1. The Balaban J connectivity index is 1.89. The number of hydrogen-bond acceptors (Lipinski definition) is 3. The molecule has 1 saturated heterocycles. The highest BCUT2D eigenvalue weighted by molar-refractivity contribution is 4.71. The van der Waals surface area contributed by atoms with Gasteiger partial charge in [-0.3, -0.25) is 0 Å². The summed E-state index contributed by atoms with van der Waals surface area (Å²) in [6, 6.07) is 0. The van der Waals surface area contributed by atoms with Gasteiger partial charge in [-0.15, -0.1) is 0 Å². The van der Waals surface area contributed by atoms with Crippen LogP contribution in [-0.4, -0.2) is 51.3 Å². The van der Waals surface area contributed by atoms with E-state index in [4.69, 9.17) is 4.74 Å². The van der Waals surface area contributed by atoms with E-state index >= 15 is 0 Å². The van der Waals surface area contributed by atoms with E-state index in [1.165, 1.54) is 38.9 Å². The van der Waals surface area contributed by atoms with Crippen LogP contribution in [0.5, 0.6) is 0 Å². The van der Waals surface area contributed by atoms with E-state index in [2.05, 4.69) is 17.3 Å². The van der Waals surface area contributed by atoms with Crippen LogP contribution in [0.1, 0.15) is 26.2 Å². The van der Waals surface area contributed by atoms with Crippen molar-refractivity contribution in [3.8, 4) is 0 Å². The molecule has 0 radical (unpaired) electrons. The second kappa shape index (κ2) is 8.08. The Bertz CT molecular complexity index is 147. The van der Waals surface area contributed by atoms with E-state index < -0.39 is 0 Å². The first kappa shape index (κ1) is 12.9. The van der Waals surface area contributed by atoms with Crippen LogP contribution in [-0.2, 0) is 4.74 Å². The Morgan fingerprint density at radius 1 is 1.40 bits per heavy atom. The largest absolute Gasteiger partial charge is 0.380 e. The molecule has 0 saturated carbocycles. The molecule has 0 bridgehead atoms. The van der Waals surface area contributed by atoms with E-state index in [0.29, 0.717) is 0 Å². The molecular weight excluding hydrogens is 188 g/mol. The minimum absolute atomic E-state index is 0.835.